The first-order valence-corrected chi connectivity index (χ1v) is 8.18. The Balaban J connectivity index is 2.27. The predicted molar refractivity (Wildman–Crippen MR) is 79.0 cm³/mol. The molecule has 0 bridgehead atoms. The maximum atomic E-state index is 6.00. The lowest BCUT2D eigenvalue weighted by molar-refractivity contribution is 0.0167. The van der Waals surface area contributed by atoms with Crippen LogP contribution in [0, 0.1) is 5.92 Å². The molecule has 2 nitrogen and oxygen atoms in total. The fraction of sp³-hybridized carbons (Fsp3) is 1.00. The molecule has 1 saturated carbocycles. The third-order valence-corrected chi connectivity index (χ3v) is 3.93. The van der Waals surface area contributed by atoms with E-state index in [1.54, 1.807) is 0 Å². The van der Waals surface area contributed by atoms with E-state index in [-0.39, 0.29) is 0 Å². The van der Waals surface area contributed by atoms with Crippen LogP contribution < -0.4 is 5.32 Å². The van der Waals surface area contributed by atoms with Crippen molar-refractivity contribution in [3.05, 3.63) is 0 Å². The molecule has 2 heteroatoms. The summed E-state index contributed by atoms with van der Waals surface area (Å²) in [6.45, 7) is 8.54. The summed E-state index contributed by atoms with van der Waals surface area (Å²) >= 11 is 0. The van der Waals surface area contributed by atoms with E-state index in [9.17, 15) is 0 Å². The molecule has 0 saturated heterocycles. The van der Waals surface area contributed by atoms with Crippen LogP contribution in [0.25, 0.3) is 0 Å². The minimum absolute atomic E-state index is 0.473. The highest BCUT2D eigenvalue weighted by Crippen LogP contribution is 2.36. The van der Waals surface area contributed by atoms with Crippen molar-refractivity contribution in [1.29, 1.82) is 0 Å². The third kappa shape index (κ3) is 6.19. The van der Waals surface area contributed by atoms with Gasteiger partial charge in [0.2, 0.25) is 0 Å². The molecule has 0 aromatic rings. The quantitative estimate of drug-likeness (QED) is 0.529. The number of hydrogen-bond donors (Lipinski definition) is 1. The van der Waals surface area contributed by atoms with Crippen molar-refractivity contribution in [3.63, 3.8) is 0 Å². The molecule has 0 aromatic carbocycles. The molecule has 0 aliphatic heterocycles. The Bertz CT molecular complexity index is 192. The van der Waals surface area contributed by atoms with E-state index in [1.165, 1.54) is 51.4 Å². The molecule has 0 aromatic heterocycles. The van der Waals surface area contributed by atoms with Crippen molar-refractivity contribution in [3.8, 4) is 0 Å². The van der Waals surface area contributed by atoms with Crippen LogP contribution in [0.5, 0.6) is 0 Å². The van der Waals surface area contributed by atoms with Crippen LogP contribution in [0.4, 0.5) is 0 Å². The van der Waals surface area contributed by atoms with E-state index in [1.807, 2.05) is 0 Å². The van der Waals surface area contributed by atoms with Gasteiger partial charge in [-0.05, 0) is 38.6 Å². The molecule has 1 N–H and O–H groups in total. The predicted octanol–water partition coefficient (Wildman–Crippen LogP) is 4.14. The first kappa shape index (κ1) is 16.0. The van der Waals surface area contributed by atoms with Crippen LogP contribution in [0.3, 0.4) is 0 Å². The molecular weight excluding hydrogens is 222 g/mol. The second kappa shape index (κ2) is 9.80. The molecule has 1 aliphatic carbocycles. The number of rotatable bonds is 12. The van der Waals surface area contributed by atoms with Crippen molar-refractivity contribution in [2.24, 2.45) is 5.92 Å². The molecule has 18 heavy (non-hydrogen) atoms. The van der Waals surface area contributed by atoms with Crippen LogP contribution in [-0.2, 0) is 4.74 Å². The largest absolute Gasteiger partial charge is 0.377 e. The second-order valence-electron chi connectivity index (χ2n) is 5.62. The van der Waals surface area contributed by atoms with Gasteiger partial charge in [0, 0.05) is 12.6 Å². The first-order valence-electron chi connectivity index (χ1n) is 8.18. The minimum atomic E-state index is 0.473. The van der Waals surface area contributed by atoms with Gasteiger partial charge in [0.15, 0.2) is 0 Å². The Morgan fingerprint density at radius 2 is 1.78 bits per heavy atom. The number of likely N-dealkylation sites (N-methyl/N-ethyl adjacent to an activating group) is 1. The van der Waals surface area contributed by atoms with Gasteiger partial charge < -0.3 is 10.1 Å². The molecular formula is C16H33NO. The number of ether oxygens (including phenoxy) is 1. The summed E-state index contributed by atoms with van der Waals surface area (Å²) in [6, 6.07) is 0.587. The van der Waals surface area contributed by atoms with Crippen molar-refractivity contribution in [2.45, 2.75) is 84.3 Å². The monoisotopic (exact) mass is 255 g/mol. The van der Waals surface area contributed by atoms with Crippen LogP contribution in [0.2, 0.25) is 0 Å². The summed E-state index contributed by atoms with van der Waals surface area (Å²) < 4.78 is 6.00. The van der Waals surface area contributed by atoms with Gasteiger partial charge in [-0.1, -0.05) is 46.0 Å². The molecule has 0 spiro atoms. The molecule has 1 rings (SSSR count). The Hall–Kier alpha value is -0.0800. The fourth-order valence-electron chi connectivity index (χ4n) is 2.81. The van der Waals surface area contributed by atoms with Crippen LogP contribution in [0.15, 0.2) is 0 Å². The SMILES string of the molecule is CCCCCCCC(NCC)C(OCC)C1CC1. The van der Waals surface area contributed by atoms with Gasteiger partial charge >= 0.3 is 0 Å². The lowest BCUT2D eigenvalue weighted by atomic mass is 9.99. The maximum absolute atomic E-state index is 6.00. The Labute approximate surface area is 114 Å². The normalized spacial score (nSPS) is 18.8. The fourth-order valence-corrected chi connectivity index (χ4v) is 2.81. The zero-order valence-corrected chi connectivity index (χ0v) is 12.7. The molecule has 108 valence electrons. The molecule has 0 heterocycles. The summed E-state index contributed by atoms with van der Waals surface area (Å²) in [4.78, 5) is 0. The molecule has 2 unspecified atom stereocenters. The van der Waals surface area contributed by atoms with Gasteiger partial charge in [0.1, 0.15) is 0 Å². The number of nitrogens with one attached hydrogen (secondary N) is 1. The topological polar surface area (TPSA) is 21.3 Å². The van der Waals surface area contributed by atoms with Crippen LogP contribution in [-0.4, -0.2) is 25.3 Å². The average Bonchev–Trinajstić information content (AvgIpc) is 3.19. The summed E-state index contributed by atoms with van der Waals surface area (Å²) in [5.74, 6) is 0.838. The maximum Gasteiger partial charge on any atom is 0.0755 e. The Kier molecular flexibility index (Phi) is 8.70. The van der Waals surface area contributed by atoms with E-state index in [0.29, 0.717) is 12.1 Å². The lowest BCUT2D eigenvalue weighted by Crippen LogP contribution is -2.42. The van der Waals surface area contributed by atoms with E-state index in [2.05, 4.69) is 26.1 Å². The first-order chi connectivity index (χ1) is 8.83. The molecule has 2 atom stereocenters. The Morgan fingerprint density at radius 1 is 1.06 bits per heavy atom. The Morgan fingerprint density at radius 3 is 2.33 bits per heavy atom. The summed E-state index contributed by atoms with van der Waals surface area (Å²) in [6.07, 6.45) is 11.4. The zero-order valence-electron chi connectivity index (χ0n) is 12.7. The van der Waals surface area contributed by atoms with Gasteiger partial charge in [-0.2, -0.15) is 0 Å². The minimum Gasteiger partial charge on any atom is -0.377 e. The summed E-state index contributed by atoms with van der Waals surface area (Å²) in [7, 11) is 0. The van der Waals surface area contributed by atoms with Crippen molar-refractivity contribution in [1.82, 2.24) is 5.32 Å². The van der Waals surface area contributed by atoms with E-state index in [0.717, 1.165) is 19.1 Å². The van der Waals surface area contributed by atoms with Gasteiger partial charge in [-0.15, -0.1) is 0 Å². The van der Waals surface area contributed by atoms with Gasteiger partial charge in [-0.3, -0.25) is 0 Å². The molecule has 0 radical (unpaired) electrons. The van der Waals surface area contributed by atoms with Crippen molar-refractivity contribution in [2.75, 3.05) is 13.2 Å². The summed E-state index contributed by atoms with van der Waals surface area (Å²) in [5, 5.41) is 3.65. The highest BCUT2D eigenvalue weighted by Gasteiger charge is 2.36. The van der Waals surface area contributed by atoms with E-state index >= 15 is 0 Å². The van der Waals surface area contributed by atoms with Gasteiger partial charge in [-0.25, -0.2) is 0 Å². The van der Waals surface area contributed by atoms with Crippen molar-refractivity contribution < 1.29 is 4.74 Å². The lowest BCUT2D eigenvalue weighted by Gasteiger charge is -2.28. The zero-order chi connectivity index (χ0) is 13.2. The van der Waals surface area contributed by atoms with Crippen LogP contribution in [0.1, 0.15) is 72.1 Å². The number of unbranched alkanes of at least 4 members (excludes halogenated alkanes) is 4. The van der Waals surface area contributed by atoms with Crippen molar-refractivity contribution >= 4 is 0 Å². The average molecular weight is 255 g/mol. The highest BCUT2D eigenvalue weighted by atomic mass is 16.5. The van der Waals surface area contributed by atoms with Crippen LogP contribution >= 0.6 is 0 Å². The summed E-state index contributed by atoms with van der Waals surface area (Å²) in [5.41, 5.74) is 0. The highest BCUT2D eigenvalue weighted by molar-refractivity contribution is 4.90. The van der Waals surface area contributed by atoms with Gasteiger partial charge in [0.05, 0.1) is 6.10 Å². The smallest absolute Gasteiger partial charge is 0.0755 e. The third-order valence-electron chi connectivity index (χ3n) is 3.93. The molecule has 0 amide bonds. The van der Waals surface area contributed by atoms with Gasteiger partial charge in [0.25, 0.3) is 0 Å². The number of hydrogen-bond acceptors (Lipinski definition) is 2. The standard InChI is InChI=1S/C16H33NO/c1-4-7-8-9-10-11-15(17-5-2)16(18-6-3)14-12-13-14/h14-17H,4-13H2,1-3H3. The second-order valence-corrected chi connectivity index (χ2v) is 5.62. The molecule has 1 fully saturated rings. The van der Waals surface area contributed by atoms with E-state index < -0.39 is 0 Å². The molecule has 1 aliphatic rings. The van der Waals surface area contributed by atoms with E-state index in [4.69, 9.17) is 4.74 Å².